The Morgan fingerprint density at radius 3 is 2.44 bits per heavy atom. The first-order valence-electron chi connectivity index (χ1n) is 6.16. The van der Waals surface area contributed by atoms with Gasteiger partial charge in [-0.15, -0.1) is 0 Å². The van der Waals surface area contributed by atoms with Crippen molar-refractivity contribution in [3.8, 4) is 0 Å². The number of carbonyl (C=O) groups is 2. The van der Waals surface area contributed by atoms with Gasteiger partial charge in [0.15, 0.2) is 0 Å². The SMILES string of the molecule is CC(C)(C)OC(=O)NC1C2CCC(O2)C1C(=O)O. The lowest BCUT2D eigenvalue weighted by Gasteiger charge is -2.27. The van der Waals surface area contributed by atoms with Crippen LogP contribution in [-0.4, -0.2) is 41.0 Å². The molecule has 0 aromatic heterocycles. The lowest BCUT2D eigenvalue weighted by Crippen LogP contribution is -2.50. The van der Waals surface area contributed by atoms with Gasteiger partial charge in [0.05, 0.1) is 18.2 Å². The monoisotopic (exact) mass is 257 g/mol. The van der Waals surface area contributed by atoms with Crippen LogP contribution in [0.2, 0.25) is 0 Å². The molecule has 2 rings (SSSR count). The molecule has 0 radical (unpaired) electrons. The molecule has 6 nitrogen and oxygen atoms in total. The van der Waals surface area contributed by atoms with E-state index in [1.54, 1.807) is 20.8 Å². The van der Waals surface area contributed by atoms with E-state index in [0.717, 1.165) is 12.8 Å². The summed E-state index contributed by atoms with van der Waals surface area (Å²) in [5.74, 6) is -1.60. The second kappa shape index (κ2) is 4.42. The Balaban J connectivity index is 2.00. The number of rotatable bonds is 2. The van der Waals surface area contributed by atoms with E-state index in [1.807, 2.05) is 0 Å². The van der Waals surface area contributed by atoms with Crippen LogP contribution < -0.4 is 5.32 Å². The van der Waals surface area contributed by atoms with Gasteiger partial charge < -0.3 is 19.9 Å². The first-order valence-corrected chi connectivity index (χ1v) is 6.16. The summed E-state index contributed by atoms with van der Waals surface area (Å²) in [5.41, 5.74) is -0.596. The molecule has 1 amide bonds. The van der Waals surface area contributed by atoms with E-state index in [4.69, 9.17) is 9.47 Å². The summed E-state index contributed by atoms with van der Waals surface area (Å²) >= 11 is 0. The third-order valence-corrected chi connectivity index (χ3v) is 3.24. The van der Waals surface area contributed by atoms with E-state index in [0.29, 0.717) is 0 Å². The summed E-state index contributed by atoms with van der Waals surface area (Å²) in [6.45, 7) is 5.29. The highest BCUT2D eigenvalue weighted by molar-refractivity contribution is 5.75. The van der Waals surface area contributed by atoms with Gasteiger partial charge >= 0.3 is 12.1 Å². The summed E-state index contributed by atoms with van der Waals surface area (Å²) < 4.78 is 10.7. The molecule has 0 saturated carbocycles. The van der Waals surface area contributed by atoms with Gasteiger partial charge in [0.25, 0.3) is 0 Å². The van der Waals surface area contributed by atoms with Gasteiger partial charge in [-0.1, -0.05) is 0 Å². The highest BCUT2D eigenvalue weighted by atomic mass is 16.6. The normalized spacial score (nSPS) is 34.4. The molecule has 4 unspecified atom stereocenters. The Hall–Kier alpha value is -1.30. The number of nitrogens with one attached hydrogen (secondary N) is 1. The minimum atomic E-state index is -0.928. The van der Waals surface area contributed by atoms with Crippen LogP contribution in [0.3, 0.4) is 0 Å². The summed E-state index contributed by atoms with van der Waals surface area (Å²) in [6.07, 6.45) is 0.453. The van der Waals surface area contributed by atoms with Crippen LogP contribution in [0.15, 0.2) is 0 Å². The van der Waals surface area contributed by atoms with E-state index in [-0.39, 0.29) is 12.2 Å². The van der Waals surface area contributed by atoms with E-state index in [1.165, 1.54) is 0 Å². The van der Waals surface area contributed by atoms with Crippen molar-refractivity contribution < 1.29 is 24.2 Å². The minimum Gasteiger partial charge on any atom is -0.481 e. The van der Waals surface area contributed by atoms with Crippen molar-refractivity contribution in [2.24, 2.45) is 5.92 Å². The molecule has 0 aromatic rings. The number of hydrogen-bond donors (Lipinski definition) is 2. The fourth-order valence-corrected chi connectivity index (χ4v) is 2.62. The molecule has 2 heterocycles. The van der Waals surface area contributed by atoms with E-state index >= 15 is 0 Å². The maximum Gasteiger partial charge on any atom is 0.407 e. The molecule has 2 fully saturated rings. The molecule has 0 spiro atoms. The van der Waals surface area contributed by atoms with Gasteiger partial charge in [0, 0.05) is 0 Å². The fourth-order valence-electron chi connectivity index (χ4n) is 2.62. The number of carbonyl (C=O) groups excluding carboxylic acids is 1. The second-order valence-electron chi connectivity index (χ2n) is 5.83. The number of carboxylic acids is 1. The minimum absolute atomic E-state index is 0.205. The van der Waals surface area contributed by atoms with Crippen LogP contribution in [-0.2, 0) is 14.3 Å². The number of amides is 1. The third kappa shape index (κ3) is 2.58. The van der Waals surface area contributed by atoms with Crippen molar-refractivity contribution in [2.45, 2.75) is 57.5 Å². The molecule has 102 valence electrons. The number of fused-ring (bicyclic) bond motifs is 2. The van der Waals surface area contributed by atoms with Crippen LogP contribution in [0.5, 0.6) is 0 Å². The summed E-state index contributed by atoms with van der Waals surface area (Å²) in [4.78, 5) is 22.9. The highest BCUT2D eigenvalue weighted by Crippen LogP contribution is 2.39. The molecule has 0 aromatic carbocycles. The van der Waals surface area contributed by atoms with Gasteiger partial charge in [-0.25, -0.2) is 4.79 Å². The predicted octanol–water partition coefficient (Wildman–Crippen LogP) is 1.14. The topological polar surface area (TPSA) is 84.9 Å². The van der Waals surface area contributed by atoms with Gasteiger partial charge in [-0.3, -0.25) is 4.79 Å². The molecule has 2 N–H and O–H groups in total. The standard InChI is InChI=1S/C12H19NO5/c1-12(2,3)18-11(16)13-9-7-5-4-6(17-7)8(9)10(14)15/h6-9H,4-5H2,1-3H3,(H,13,16)(H,14,15). The molecule has 0 aliphatic carbocycles. The highest BCUT2D eigenvalue weighted by Gasteiger charge is 2.53. The summed E-state index contributed by atoms with van der Waals surface area (Å²) in [6, 6.07) is -0.490. The Morgan fingerprint density at radius 2 is 1.89 bits per heavy atom. The maximum atomic E-state index is 11.7. The Labute approximate surface area is 106 Å². The molecule has 2 bridgehead atoms. The largest absolute Gasteiger partial charge is 0.481 e. The van der Waals surface area contributed by atoms with Gasteiger partial charge in [-0.05, 0) is 33.6 Å². The summed E-state index contributed by atoms with van der Waals surface area (Å²) in [5, 5.41) is 11.8. The predicted molar refractivity (Wildman–Crippen MR) is 62.2 cm³/mol. The Bertz CT molecular complexity index is 362. The van der Waals surface area contributed by atoms with Gasteiger partial charge in [-0.2, -0.15) is 0 Å². The van der Waals surface area contributed by atoms with E-state index < -0.39 is 29.6 Å². The molecule has 18 heavy (non-hydrogen) atoms. The maximum absolute atomic E-state index is 11.7. The van der Waals surface area contributed by atoms with Crippen molar-refractivity contribution in [1.82, 2.24) is 5.32 Å². The zero-order valence-electron chi connectivity index (χ0n) is 10.8. The van der Waals surface area contributed by atoms with Gasteiger partial charge in [0.1, 0.15) is 11.5 Å². The molecule has 2 aliphatic heterocycles. The number of alkyl carbamates (subject to hydrolysis) is 1. The lowest BCUT2D eigenvalue weighted by atomic mass is 9.84. The third-order valence-electron chi connectivity index (χ3n) is 3.24. The van der Waals surface area contributed by atoms with Gasteiger partial charge in [0.2, 0.25) is 0 Å². The average Bonchev–Trinajstić information content (AvgIpc) is 2.73. The van der Waals surface area contributed by atoms with Crippen molar-refractivity contribution in [3.63, 3.8) is 0 Å². The molecule has 4 atom stereocenters. The smallest absolute Gasteiger partial charge is 0.407 e. The average molecular weight is 257 g/mol. The van der Waals surface area contributed by atoms with Crippen LogP contribution in [0.1, 0.15) is 33.6 Å². The number of carboxylic acid groups (broad SMARTS) is 1. The molecular weight excluding hydrogens is 238 g/mol. The van der Waals surface area contributed by atoms with Crippen LogP contribution in [0, 0.1) is 5.92 Å². The van der Waals surface area contributed by atoms with E-state index in [9.17, 15) is 14.7 Å². The molecule has 6 heteroatoms. The van der Waals surface area contributed by atoms with Crippen molar-refractivity contribution in [3.05, 3.63) is 0 Å². The fraction of sp³-hybridized carbons (Fsp3) is 0.833. The van der Waals surface area contributed by atoms with Crippen LogP contribution >= 0.6 is 0 Å². The Morgan fingerprint density at radius 1 is 1.28 bits per heavy atom. The Kier molecular flexibility index (Phi) is 3.23. The van der Waals surface area contributed by atoms with Crippen LogP contribution in [0.4, 0.5) is 4.79 Å². The molecule has 2 saturated heterocycles. The van der Waals surface area contributed by atoms with Crippen LogP contribution in [0.25, 0.3) is 0 Å². The van der Waals surface area contributed by atoms with Crippen molar-refractivity contribution in [1.29, 1.82) is 0 Å². The molecular formula is C12H19NO5. The number of aliphatic carboxylic acids is 1. The van der Waals surface area contributed by atoms with E-state index in [2.05, 4.69) is 5.32 Å². The van der Waals surface area contributed by atoms with Crippen molar-refractivity contribution >= 4 is 12.1 Å². The van der Waals surface area contributed by atoms with Crippen molar-refractivity contribution in [2.75, 3.05) is 0 Å². The quantitative estimate of drug-likeness (QED) is 0.775. The number of ether oxygens (including phenoxy) is 2. The second-order valence-corrected chi connectivity index (χ2v) is 5.83. The number of hydrogen-bond acceptors (Lipinski definition) is 4. The first kappa shape index (κ1) is 13.1. The first-order chi connectivity index (χ1) is 8.28. The zero-order chi connectivity index (χ0) is 13.5. The summed E-state index contributed by atoms with van der Waals surface area (Å²) in [7, 11) is 0. The molecule has 2 aliphatic rings. The lowest BCUT2D eigenvalue weighted by molar-refractivity contribution is -0.144. The zero-order valence-corrected chi connectivity index (χ0v) is 10.8.